The Morgan fingerprint density at radius 3 is 2.41 bits per heavy atom. The molecule has 3 aromatic rings. The van der Waals surface area contributed by atoms with Gasteiger partial charge in [0.1, 0.15) is 24.0 Å². The molecule has 0 radical (unpaired) electrons. The van der Waals surface area contributed by atoms with Crippen molar-refractivity contribution < 1.29 is 33.0 Å². The Kier molecular flexibility index (Phi) is 6.77. The molecule has 8 heteroatoms. The lowest BCUT2D eigenvalue weighted by Crippen LogP contribution is -2.37. The Labute approximate surface area is 195 Å². The van der Waals surface area contributed by atoms with Gasteiger partial charge in [0.05, 0.1) is 13.5 Å². The summed E-state index contributed by atoms with van der Waals surface area (Å²) >= 11 is 0. The third kappa shape index (κ3) is 5.01. The molecule has 1 aliphatic heterocycles. The van der Waals surface area contributed by atoms with Gasteiger partial charge in [0.15, 0.2) is 0 Å². The van der Waals surface area contributed by atoms with Crippen molar-refractivity contribution >= 4 is 12.1 Å². The van der Waals surface area contributed by atoms with E-state index in [1.54, 1.807) is 24.3 Å². The lowest BCUT2D eigenvalue weighted by Gasteiger charge is -2.30. The monoisotopic (exact) mass is 467 g/mol. The molecule has 0 unspecified atom stereocenters. The van der Waals surface area contributed by atoms with Gasteiger partial charge in [-0.25, -0.2) is 13.6 Å². The van der Waals surface area contributed by atoms with Crippen molar-refractivity contribution in [3.05, 3.63) is 88.5 Å². The van der Waals surface area contributed by atoms with E-state index in [4.69, 9.17) is 14.6 Å². The number of nitrogens with zero attached hydrogens (tertiary/aromatic N) is 1. The molecule has 3 aromatic carbocycles. The molecule has 0 aliphatic carbocycles. The molecule has 1 N–H and O–H groups in total. The van der Waals surface area contributed by atoms with Crippen molar-refractivity contribution in [3.63, 3.8) is 0 Å². The molecule has 34 heavy (non-hydrogen) atoms. The highest BCUT2D eigenvalue weighted by Crippen LogP contribution is 2.38. The van der Waals surface area contributed by atoms with Crippen LogP contribution in [0.5, 0.6) is 5.75 Å². The van der Waals surface area contributed by atoms with Crippen LogP contribution in [-0.2, 0) is 35.5 Å². The maximum atomic E-state index is 14.7. The fourth-order valence-electron chi connectivity index (χ4n) is 4.11. The van der Waals surface area contributed by atoms with E-state index in [9.17, 15) is 18.4 Å². The van der Waals surface area contributed by atoms with Crippen molar-refractivity contribution in [1.29, 1.82) is 0 Å². The topological polar surface area (TPSA) is 76.1 Å². The smallest absolute Gasteiger partial charge is 0.410 e. The van der Waals surface area contributed by atoms with Crippen molar-refractivity contribution in [1.82, 2.24) is 4.90 Å². The number of rotatable bonds is 6. The molecule has 0 spiro atoms. The second-order valence-electron chi connectivity index (χ2n) is 8.01. The third-order valence-corrected chi connectivity index (χ3v) is 5.80. The first kappa shape index (κ1) is 23.2. The third-order valence-electron chi connectivity index (χ3n) is 5.80. The predicted molar refractivity (Wildman–Crippen MR) is 120 cm³/mol. The van der Waals surface area contributed by atoms with Gasteiger partial charge in [-0.1, -0.05) is 24.3 Å². The molecule has 1 heterocycles. The summed E-state index contributed by atoms with van der Waals surface area (Å²) < 4.78 is 38.6. The minimum atomic E-state index is -0.965. The number of ether oxygens (including phenoxy) is 2. The summed E-state index contributed by atoms with van der Waals surface area (Å²) in [6.45, 7) is 0.395. The Bertz CT molecular complexity index is 1230. The van der Waals surface area contributed by atoms with Gasteiger partial charge >= 0.3 is 12.1 Å². The fraction of sp³-hybridized carbons (Fsp3) is 0.231. The molecule has 1 amide bonds. The van der Waals surface area contributed by atoms with E-state index in [1.165, 1.54) is 42.3 Å². The number of carbonyl (C=O) groups is 2. The van der Waals surface area contributed by atoms with E-state index < -0.39 is 12.1 Å². The second kappa shape index (κ2) is 9.91. The van der Waals surface area contributed by atoms with Crippen LogP contribution in [0.1, 0.15) is 22.3 Å². The lowest BCUT2D eigenvalue weighted by atomic mass is 9.89. The van der Waals surface area contributed by atoms with Crippen LogP contribution < -0.4 is 4.74 Å². The van der Waals surface area contributed by atoms with Gasteiger partial charge in [0, 0.05) is 18.7 Å². The van der Waals surface area contributed by atoms with Crippen LogP contribution in [0, 0.1) is 11.6 Å². The van der Waals surface area contributed by atoms with Gasteiger partial charge in [0.25, 0.3) is 0 Å². The zero-order chi connectivity index (χ0) is 24.2. The molecule has 176 valence electrons. The molecule has 0 aromatic heterocycles. The van der Waals surface area contributed by atoms with E-state index in [0.29, 0.717) is 45.6 Å². The average Bonchev–Trinajstić information content (AvgIpc) is 2.83. The maximum absolute atomic E-state index is 14.7. The van der Waals surface area contributed by atoms with Crippen LogP contribution in [0.25, 0.3) is 11.1 Å². The lowest BCUT2D eigenvalue weighted by molar-refractivity contribution is -0.136. The fourth-order valence-corrected chi connectivity index (χ4v) is 4.11. The number of benzene rings is 3. The molecule has 6 nitrogen and oxygen atoms in total. The Morgan fingerprint density at radius 1 is 0.971 bits per heavy atom. The Balaban J connectivity index is 1.62. The Morgan fingerprint density at radius 2 is 1.71 bits per heavy atom. The molecule has 0 saturated carbocycles. The summed E-state index contributed by atoms with van der Waals surface area (Å²) in [5.74, 6) is -1.19. The van der Waals surface area contributed by atoms with Gasteiger partial charge in [0.2, 0.25) is 0 Å². The summed E-state index contributed by atoms with van der Waals surface area (Å²) in [6, 6.07) is 13.7. The first-order valence-corrected chi connectivity index (χ1v) is 10.7. The quantitative estimate of drug-likeness (QED) is 0.555. The van der Waals surface area contributed by atoms with E-state index >= 15 is 0 Å². The number of halogens is 2. The SMILES string of the molecule is COc1ccc(CC(=O)O)cc1-c1ccc(F)c2c1CN(C(=O)OCc1ccc(F)cc1)CC2. The largest absolute Gasteiger partial charge is 0.496 e. The second-order valence-corrected chi connectivity index (χ2v) is 8.01. The number of carbonyl (C=O) groups excluding carboxylic acids is 1. The number of carboxylic acid groups (broad SMARTS) is 1. The first-order valence-electron chi connectivity index (χ1n) is 10.7. The number of aliphatic carboxylic acids is 1. The van der Waals surface area contributed by atoms with Crippen LogP contribution in [0.2, 0.25) is 0 Å². The Hall–Kier alpha value is -3.94. The van der Waals surface area contributed by atoms with Gasteiger partial charge in [-0.2, -0.15) is 0 Å². The summed E-state index contributed by atoms with van der Waals surface area (Å²) in [5, 5.41) is 9.17. The van der Waals surface area contributed by atoms with Crippen molar-refractivity contribution in [3.8, 4) is 16.9 Å². The van der Waals surface area contributed by atoms with E-state index in [2.05, 4.69) is 0 Å². The number of fused-ring (bicyclic) bond motifs is 1. The first-order chi connectivity index (χ1) is 16.4. The standard InChI is InChI=1S/C26H23F2NO5/c1-33-24-9-4-17(13-25(30)31)12-21(24)19-7-8-23(28)20-10-11-29(14-22(19)20)26(32)34-15-16-2-5-18(27)6-3-16/h2-9,12H,10-11,13-15H2,1H3,(H,30,31). The van der Waals surface area contributed by atoms with Crippen LogP contribution in [-0.4, -0.2) is 35.7 Å². The summed E-state index contributed by atoms with van der Waals surface area (Å²) in [7, 11) is 1.50. The molecular formula is C26H23F2NO5. The highest BCUT2D eigenvalue weighted by molar-refractivity contribution is 5.78. The molecule has 4 rings (SSSR count). The van der Waals surface area contributed by atoms with Gasteiger partial charge < -0.3 is 19.5 Å². The molecular weight excluding hydrogens is 444 g/mol. The van der Waals surface area contributed by atoms with Crippen molar-refractivity contribution in [2.45, 2.75) is 26.0 Å². The highest BCUT2D eigenvalue weighted by atomic mass is 19.1. The van der Waals surface area contributed by atoms with Crippen molar-refractivity contribution in [2.24, 2.45) is 0 Å². The number of hydrogen-bond donors (Lipinski definition) is 1. The normalized spacial score (nSPS) is 12.7. The highest BCUT2D eigenvalue weighted by Gasteiger charge is 2.27. The summed E-state index contributed by atoms with van der Waals surface area (Å²) in [4.78, 5) is 25.4. The summed E-state index contributed by atoms with van der Waals surface area (Å²) in [5.41, 5.74) is 3.64. The molecule has 1 aliphatic rings. The van der Waals surface area contributed by atoms with Gasteiger partial charge in [-0.05, 0) is 64.6 Å². The zero-order valence-corrected chi connectivity index (χ0v) is 18.5. The van der Waals surface area contributed by atoms with E-state index in [1.807, 2.05) is 0 Å². The van der Waals surface area contributed by atoms with E-state index in [0.717, 1.165) is 0 Å². The van der Waals surface area contributed by atoms with Crippen molar-refractivity contribution in [2.75, 3.05) is 13.7 Å². The molecule has 0 saturated heterocycles. The van der Waals surface area contributed by atoms with Gasteiger partial charge in [-0.15, -0.1) is 0 Å². The van der Waals surface area contributed by atoms with E-state index in [-0.39, 0.29) is 37.8 Å². The van der Waals surface area contributed by atoms with Gasteiger partial charge in [-0.3, -0.25) is 4.79 Å². The predicted octanol–water partition coefficient (Wildman–Crippen LogP) is 4.96. The van der Waals surface area contributed by atoms with Crippen LogP contribution >= 0.6 is 0 Å². The summed E-state index contributed by atoms with van der Waals surface area (Å²) in [6.07, 6.45) is -0.420. The minimum absolute atomic E-state index is 0.0104. The number of methoxy groups -OCH3 is 1. The van der Waals surface area contributed by atoms with Crippen LogP contribution in [0.15, 0.2) is 54.6 Å². The average molecular weight is 467 g/mol. The maximum Gasteiger partial charge on any atom is 0.410 e. The minimum Gasteiger partial charge on any atom is -0.496 e. The molecule has 0 fully saturated rings. The number of carboxylic acids is 1. The zero-order valence-electron chi connectivity index (χ0n) is 18.5. The van der Waals surface area contributed by atoms with Crippen LogP contribution in [0.4, 0.5) is 13.6 Å². The molecule has 0 atom stereocenters. The molecule has 0 bridgehead atoms. The van der Waals surface area contributed by atoms with Crippen LogP contribution in [0.3, 0.4) is 0 Å². The number of amides is 1. The number of hydrogen-bond acceptors (Lipinski definition) is 4.